The number of anilines is 1. The van der Waals surface area contributed by atoms with Crippen LogP contribution in [-0.2, 0) is 4.74 Å². The first kappa shape index (κ1) is 18.7. The number of halogens is 4. The fourth-order valence-electron chi connectivity index (χ4n) is 2.65. The van der Waals surface area contributed by atoms with E-state index in [0.29, 0.717) is 6.54 Å². The fourth-order valence-corrected chi connectivity index (χ4v) is 2.65. The quantitative estimate of drug-likeness (QED) is 0.580. The topological polar surface area (TPSA) is 15.7 Å². The molecule has 2 rings (SSSR count). The van der Waals surface area contributed by atoms with Crippen molar-refractivity contribution in [1.29, 1.82) is 0 Å². The predicted molar refractivity (Wildman–Crippen MR) is 86.1 cm³/mol. The highest BCUT2D eigenvalue weighted by Gasteiger charge is 2.28. The van der Waals surface area contributed by atoms with Gasteiger partial charge in [0.1, 0.15) is 5.69 Å². The van der Waals surface area contributed by atoms with E-state index in [1.165, 1.54) is 11.0 Å². The molecule has 0 saturated carbocycles. The third-order valence-electron chi connectivity index (χ3n) is 4.14. The summed E-state index contributed by atoms with van der Waals surface area (Å²) in [4.78, 5) is 3.27. The molecule has 0 aliphatic carbocycles. The summed E-state index contributed by atoms with van der Waals surface area (Å²) >= 11 is 0. The van der Waals surface area contributed by atoms with Crippen LogP contribution in [-0.4, -0.2) is 50.8 Å². The van der Waals surface area contributed by atoms with E-state index in [1.807, 2.05) is 18.7 Å². The van der Waals surface area contributed by atoms with Gasteiger partial charge in [-0.05, 0) is 13.1 Å². The molecule has 0 atom stereocenters. The number of nitrogens with zero attached hydrogens (tertiary/aromatic N) is 2. The average molecular weight is 346 g/mol. The van der Waals surface area contributed by atoms with Gasteiger partial charge < -0.3 is 14.5 Å². The van der Waals surface area contributed by atoms with Crippen LogP contribution in [0.4, 0.5) is 23.2 Å². The number of hydrogen-bond acceptors (Lipinski definition) is 3. The molecule has 1 heterocycles. The van der Waals surface area contributed by atoms with Gasteiger partial charge in [-0.1, -0.05) is 26.0 Å². The van der Waals surface area contributed by atoms with Gasteiger partial charge in [-0.2, -0.15) is 0 Å². The number of morpholine rings is 1. The number of benzene rings is 1. The van der Waals surface area contributed by atoms with Crippen molar-refractivity contribution in [3.05, 3.63) is 34.9 Å². The molecule has 0 bridgehead atoms. The second-order valence-electron chi connectivity index (χ2n) is 5.51. The van der Waals surface area contributed by atoms with Crippen LogP contribution in [0.5, 0.6) is 0 Å². The first-order valence-corrected chi connectivity index (χ1v) is 8.08. The van der Waals surface area contributed by atoms with E-state index in [-0.39, 0.29) is 26.3 Å². The molecule has 24 heavy (non-hydrogen) atoms. The lowest BCUT2D eigenvalue weighted by Gasteiger charge is -2.29. The van der Waals surface area contributed by atoms with Crippen molar-refractivity contribution in [2.45, 2.75) is 13.8 Å². The van der Waals surface area contributed by atoms with Gasteiger partial charge in [0, 0.05) is 19.6 Å². The molecule has 0 amide bonds. The van der Waals surface area contributed by atoms with E-state index in [0.717, 1.165) is 19.2 Å². The van der Waals surface area contributed by atoms with Crippen LogP contribution in [0.15, 0.2) is 6.08 Å². The zero-order valence-corrected chi connectivity index (χ0v) is 13.9. The summed E-state index contributed by atoms with van der Waals surface area (Å²) in [7, 11) is 0. The minimum atomic E-state index is -1.37. The van der Waals surface area contributed by atoms with Gasteiger partial charge in [-0.25, -0.2) is 17.6 Å². The lowest BCUT2D eigenvalue weighted by atomic mass is 10.1. The highest BCUT2D eigenvalue weighted by Crippen LogP contribution is 2.32. The smallest absolute Gasteiger partial charge is 0.185 e. The minimum absolute atomic E-state index is 0.184. The highest BCUT2D eigenvalue weighted by molar-refractivity contribution is 5.60. The van der Waals surface area contributed by atoms with Crippen LogP contribution in [0.1, 0.15) is 19.4 Å². The van der Waals surface area contributed by atoms with Crippen LogP contribution in [0.25, 0.3) is 6.08 Å². The van der Waals surface area contributed by atoms with Crippen molar-refractivity contribution in [2.75, 3.05) is 50.8 Å². The van der Waals surface area contributed by atoms with Crippen molar-refractivity contribution in [3.63, 3.8) is 0 Å². The van der Waals surface area contributed by atoms with Crippen LogP contribution in [0, 0.1) is 23.3 Å². The average Bonchev–Trinajstić information content (AvgIpc) is 2.61. The van der Waals surface area contributed by atoms with Crippen molar-refractivity contribution in [3.8, 4) is 0 Å². The van der Waals surface area contributed by atoms with Crippen molar-refractivity contribution < 1.29 is 22.3 Å². The SMILES string of the molecule is CCN(CC)C/C=C/c1c(F)c(F)c(N2CCOCC2)c(F)c1F. The molecule has 3 nitrogen and oxygen atoms in total. The zero-order chi connectivity index (χ0) is 17.7. The molecule has 1 fully saturated rings. The molecule has 0 unspecified atom stereocenters. The van der Waals surface area contributed by atoms with Gasteiger partial charge >= 0.3 is 0 Å². The molecule has 0 spiro atoms. The van der Waals surface area contributed by atoms with E-state index in [9.17, 15) is 17.6 Å². The summed E-state index contributed by atoms with van der Waals surface area (Å²) in [5, 5.41) is 0. The van der Waals surface area contributed by atoms with Gasteiger partial charge in [0.05, 0.1) is 18.8 Å². The highest BCUT2D eigenvalue weighted by atomic mass is 19.2. The Labute approximate surface area is 139 Å². The Hall–Kier alpha value is -1.60. The molecule has 7 heteroatoms. The minimum Gasteiger partial charge on any atom is -0.378 e. The molecule has 0 aromatic heterocycles. The fraction of sp³-hybridized carbons (Fsp3) is 0.529. The Morgan fingerprint density at radius 2 is 1.50 bits per heavy atom. The van der Waals surface area contributed by atoms with E-state index in [1.54, 1.807) is 0 Å². The summed E-state index contributed by atoms with van der Waals surface area (Å²) in [5.74, 6) is -5.46. The first-order valence-electron chi connectivity index (χ1n) is 8.08. The number of rotatable bonds is 6. The standard InChI is InChI=1S/C17H22F4N2O/c1-3-22(4-2)7-5-6-12-13(18)15(20)17(16(21)14(12)19)23-8-10-24-11-9-23/h5-6H,3-4,7-11H2,1-2H3/b6-5+. The van der Waals surface area contributed by atoms with E-state index < -0.39 is 34.5 Å². The monoisotopic (exact) mass is 346 g/mol. The van der Waals surface area contributed by atoms with E-state index in [4.69, 9.17) is 4.74 Å². The maximum atomic E-state index is 14.3. The molecule has 1 aromatic rings. The van der Waals surface area contributed by atoms with Gasteiger partial charge in [0.15, 0.2) is 23.3 Å². The Bertz CT molecular complexity index is 568. The second-order valence-corrected chi connectivity index (χ2v) is 5.51. The normalized spacial score (nSPS) is 15.7. The Morgan fingerprint density at radius 3 is 2.00 bits per heavy atom. The van der Waals surface area contributed by atoms with Crippen LogP contribution in [0.2, 0.25) is 0 Å². The van der Waals surface area contributed by atoms with Crippen LogP contribution >= 0.6 is 0 Å². The molecule has 1 aromatic carbocycles. The van der Waals surface area contributed by atoms with Crippen molar-refractivity contribution in [2.24, 2.45) is 0 Å². The first-order chi connectivity index (χ1) is 11.5. The molecule has 1 aliphatic rings. The number of hydrogen-bond donors (Lipinski definition) is 0. The van der Waals surface area contributed by atoms with E-state index in [2.05, 4.69) is 0 Å². The maximum Gasteiger partial charge on any atom is 0.185 e. The lowest BCUT2D eigenvalue weighted by molar-refractivity contribution is 0.122. The molecule has 134 valence electrons. The van der Waals surface area contributed by atoms with Crippen LogP contribution < -0.4 is 4.90 Å². The molecular formula is C17H22F4N2O. The van der Waals surface area contributed by atoms with Gasteiger partial charge in [-0.3, -0.25) is 0 Å². The molecular weight excluding hydrogens is 324 g/mol. The largest absolute Gasteiger partial charge is 0.378 e. The van der Waals surface area contributed by atoms with Crippen molar-refractivity contribution in [1.82, 2.24) is 4.90 Å². The Morgan fingerprint density at radius 1 is 0.958 bits per heavy atom. The number of likely N-dealkylation sites (N-methyl/N-ethyl adjacent to an activating group) is 1. The molecule has 0 radical (unpaired) electrons. The third-order valence-corrected chi connectivity index (χ3v) is 4.14. The predicted octanol–water partition coefficient (Wildman–Crippen LogP) is 3.43. The summed E-state index contributed by atoms with van der Waals surface area (Å²) in [6.45, 7) is 6.77. The summed E-state index contributed by atoms with van der Waals surface area (Å²) < 4.78 is 62.2. The number of ether oxygens (including phenoxy) is 1. The van der Waals surface area contributed by atoms with Gasteiger partial charge in [0.25, 0.3) is 0 Å². The molecule has 0 N–H and O–H groups in total. The summed E-state index contributed by atoms with van der Waals surface area (Å²) in [5.41, 5.74) is -1.34. The van der Waals surface area contributed by atoms with E-state index >= 15 is 0 Å². The summed E-state index contributed by atoms with van der Waals surface area (Å²) in [6.07, 6.45) is 2.60. The molecule has 1 aliphatic heterocycles. The van der Waals surface area contributed by atoms with Crippen LogP contribution in [0.3, 0.4) is 0 Å². The van der Waals surface area contributed by atoms with Gasteiger partial charge in [-0.15, -0.1) is 0 Å². The Balaban J connectivity index is 2.32. The second kappa shape index (κ2) is 8.48. The third kappa shape index (κ3) is 3.89. The lowest BCUT2D eigenvalue weighted by Crippen LogP contribution is -2.37. The summed E-state index contributed by atoms with van der Waals surface area (Å²) in [6, 6.07) is 0. The van der Waals surface area contributed by atoms with Crippen molar-refractivity contribution >= 4 is 11.8 Å². The van der Waals surface area contributed by atoms with Gasteiger partial charge in [0.2, 0.25) is 0 Å². The zero-order valence-electron chi connectivity index (χ0n) is 13.9. The molecule has 1 saturated heterocycles. The Kier molecular flexibility index (Phi) is 6.62. The maximum absolute atomic E-state index is 14.3.